The van der Waals surface area contributed by atoms with E-state index in [9.17, 15) is 35.5 Å². The van der Waals surface area contributed by atoms with Gasteiger partial charge in [0, 0.05) is 24.8 Å². The van der Waals surface area contributed by atoms with E-state index in [-0.39, 0.29) is 11.3 Å². The lowest BCUT2D eigenvalue weighted by atomic mass is 10.0. The highest BCUT2D eigenvalue weighted by molar-refractivity contribution is 5.94. The normalized spacial score (nSPS) is 12.3. The number of carbonyl (C=O) groups is 2. The Hall–Kier alpha value is -4.69. The fourth-order valence-corrected chi connectivity index (χ4v) is 3.05. The Balaban J connectivity index is 0.000000505. The number of halogens is 7. The SMILES string of the molecule is O=C(N[C@@H](c1ccc(OC(F)(F)F)cc1)c1ncccc1F)c1ccc2nccn2c1.O=C(O)C(F)(F)F. The second-order valence-corrected chi connectivity index (χ2v) is 7.31. The van der Waals surface area contributed by atoms with Gasteiger partial charge in [-0.15, -0.1) is 13.2 Å². The molecule has 3 aromatic heterocycles. The Labute approximate surface area is 208 Å². The smallest absolute Gasteiger partial charge is 0.475 e. The van der Waals surface area contributed by atoms with Gasteiger partial charge in [-0.2, -0.15) is 13.2 Å². The zero-order valence-corrected chi connectivity index (χ0v) is 18.7. The number of hydrogen-bond acceptors (Lipinski definition) is 5. The second kappa shape index (κ2) is 11.1. The Morgan fingerprint density at radius 1 is 0.947 bits per heavy atom. The van der Waals surface area contributed by atoms with Gasteiger partial charge in [-0.25, -0.2) is 14.2 Å². The number of carboxylic acid groups (broad SMARTS) is 1. The number of carboxylic acids is 1. The van der Waals surface area contributed by atoms with Crippen LogP contribution in [0.25, 0.3) is 5.65 Å². The van der Waals surface area contributed by atoms with Gasteiger partial charge in [-0.1, -0.05) is 12.1 Å². The number of nitrogens with one attached hydrogen (secondary N) is 1. The van der Waals surface area contributed by atoms with E-state index in [4.69, 9.17) is 9.90 Å². The third-order valence-electron chi connectivity index (χ3n) is 4.68. The summed E-state index contributed by atoms with van der Waals surface area (Å²) in [6, 6.07) is 9.51. The van der Waals surface area contributed by atoms with Gasteiger partial charge >= 0.3 is 18.5 Å². The average molecular weight is 544 g/mol. The molecule has 38 heavy (non-hydrogen) atoms. The number of aromatic nitrogens is 3. The lowest BCUT2D eigenvalue weighted by Crippen LogP contribution is -2.30. The second-order valence-electron chi connectivity index (χ2n) is 7.31. The maximum atomic E-state index is 14.4. The molecule has 1 amide bonds. The van der Waals surface area contributed by atoms with Crippen molar-refractivity contribution in [1.82, 2.24) is 19.7 Å². The molecular formula is C23H15F7N4O4. The van der Waals surface area contributed by atoms with Crippen molar-refractivity contribution in [2.45, 2.75) is 18.6 Å². The van der Waals surface area contributed by atoms with Crippen molar-refractivity contribution in [3.05, 3.63) is 96.0 Å². The van der Waals surface area contributed by atoms with Crippen molar-refractivity contribution in [2.75, 3.05) is 0 Å². The van der Waals surface area contributed by atoms with E-state index in [1.165, 1.54) is 30.5 Å². The van der Waals surface area contributed by atoms with Crippen LogP contribution in [0, 0.1) is 5.82 Å². The molecule has 15 heteroatoms. The largest absolute Gasteiger partial charge is 0.573 e. The number of alkyl halides is 6. The summed E-state index contributed by atoms with van der Waals surface area (Å²) in [5.74, 6) is -4.39. The van der Waals surface area contributed by atoms with Crippen LogP contribution in [-0.4, -0.2) is 43.9 Å². The predicted molar refractivity (Wildman–Crippen MR) is 116 cm³/mol. The third-order valence-corrected chi connectivity index (χ3v) is 4.68. The zero-order chi connectivity index (χ0) is 28.1. The van der Waals surface area contributed by atoms with E-state index in [1.807, 2.05) is 0 Å². The number of fused-ring (bicyclic) bond motifs is 1. The Bertz CT molecular complexity index is 1420. The van der Waals surface area contributed by atoms with Gasteiger partial charge in [-0.3, -0.25) is 9.78 Å². The highest BCUT2D eigenvalue weighted by Crippen LogP contribution is 2.28. The molecule has 200 valence electrons. The van der Waals surface area contributed by atoms with Gasteiger partial charge in [0.05, 0.1) is 11.6 Å². The number of amides is 1. The van der Waals surface area contributed by atoms with Gasteiger partial charge in [0.1, 0.15) is 22.9 Å². The van der Waals surface area contributed by atoms with Gasteiger partial charge < -0.3 is 19.6 Å². The van der Waals surface area contributed by atoms with Crippen LogP contribution in [0.3, 0.4) is 0 Å². The number of hydrogen-bond donors (Lipinski definition) is 2. The minimum Gasteiger partial charge on any atom is -0.475 e. The van der Waals surface area contributed by atoms with Crippen LogP contribution < -0.4 is 10.1 Å². The van der Waals surface area contributed by atoms with E-state index in [0.717, 1.165) is 12.1 Å². The fraction of sp³-hybridized carbons (Fsp3) is 0.130. The van der Waals surface area contributed by atoms with Crippen LogP contribution >= 0.6 is 0 Å². The number of carbonyl (C=O) groups excluding carboxylic acids is 1. The Kier molecular flexibility index (Phi) is 8.18. The van der Waals surface area contributed by atoms with E-state index >= 15 is 0 Å². The summed E-state index contributed by atoms with van der Waals surface area (Å²) < 4.78 is 89.0. The molecule has 0 saturated carbocycles. The monoisotopic (exact) mass is 544 g/mol. The summed E-state index contributed by atoms with van der Waals surface area (Å²) in [6.45, 7) is 0. The first kappa shape index (κ1) is 27.9. The lowest BCUT2D eigenvalue weighted by molar-refractivity contribution is -0.274. The molecule has 4 aromatic rings. The van der Waals surface area contributed by atoms with E-state index in [2.05, 4.69) is 20.0 Å². The average Bonchev–Trinajstić information content (AvgIpc) is 3.30. The number of rotatable bonds is 5. The van der Waals surface area contributed by atoms with Gasteiger partial charge in [-0.05, 0) is 42.0 Å². The van der Waals surface area contributed by atoms with E-state index in [0.29, 0.717) is 11.2 Å². The molecule has 0 spiro atoms. The van der Waals surface area contributed by atoms with Crippen LogP contribution in [0.4, 0.5) is 30.7 Å². The summed E-state index contributed by atoms with van der Waals surface area (Å²) in [7, 11) is 0. The maximum Gasteiger partial charge on any atom is 0.573 e. The highest BCUT2D eigenvalue weighted by Gasteiger charge is 2.38. The van der Waals surface area contributed by atoms with Crippen molar-refractivity contribution >= 4 is 17.5 Å². The first-order chi connectivity index (χ1) is 17.7. The molecule has 0 saturated heterocycles. The standard InChI is InChI=1S/C21H14F4N4O2.C2HF3O2/c22-16-2-1-9-27-19(16)18(13-3-6-15(7-4-13)31-21(23,24)25)28-20(30)14-5-8-17-26-10-11-29(17)12-14;3-2(4,5)1(6)7/h1-12,18H,(H,28,30);(H,6,7)/t18-;/m0./s1. The molecule has 1 aromatic carbocycles. The molecule has 1 atom stereocenters. The number of aliphatic carboxylic acids is 1. The van der Waals surface area contributed by atoms with Crippen LogP contribution in [0.15, 0.2) is 73.3 Å². The minimum absolute atomic E-state index is 0.0796. The minimum atomic E-state index is -5.08. The molecule has 0 fully saturated rings. The Morgan fingerprint density at radius 2 is 1.61 bits per heavy atom. The first-order valence-corrected chi connectivity index (χ1v) is 10.2. The molecule has 0 bridgehead atoms. The van der Waals surface area contributed by atoms with Crippen LogP contribution in [-0.2, 0) is 4.79 Å². The molecule has 0 unspecified atom stereocenters. The summed E-state index contributed by atoms with van der Waals surface area (Å²) in [4.78, 5) is 29.9. The lowest BCUT2D eigenvalue weighted by Gasteiger charge is -2.20. The fourth-order valence-electron chi connectivity index (χ4n) is 3.05. The number of pyridine rings is 2. The van der Waals surface area contributed by atoms with Crippen molar-refractivity contribution in [3.63, 3.8) is 0 Å². The number of nitrogens with zero attached hydrogens (tertiary/aromatic N) is 3. The molecule has 0 aliphatic rings. The van der Waals surface area contributed by atoms with Crippen molar-refractivity contribution in [1.29, 1.82) is 0 Å². The first-order valence-electron chi connectivity index (χ1n) is 10.2. The molecule has 3 heterocycles. The van der Waals surface area contributed by atoms with Crippen molar-refractivity contribution < 1.29 is 50.2 Å². The molecule has 0 aliphatic heterocycles. The molecule has 4 rings (SSSR count). The Morgan fingerprint density at radius 3 is 2.18 bits per heavy atom. The number of ether oxygens (including phenoxy) is 1. The maximum absolute atomic E-state index is 14.4. The quantitative estimate of drug-likeness (QED) is 0.346. The van der Waals surface area contributed by atoms with E-state index in [1.54, 1.807) is 35.1 Å². The summed E-state index contributed by atoms with van der Waals surface area (Å²) >= 11 is 0. The van der Waals surface area contributed by atoms with Gasteiger partial charge in [0.15, 0.2) is 0 Å². The topological polar surface area (TPSA) is 106 Å². The molecule has 2 N–H and O–H groups in total. The van der Waals surface area contributed by atoms with Crippen molar-refractivity contribution in [3.8, 4) is 5.75 Å². The van der Waals surface area contributed by atoms with Gasteiger partial charge in [0.2, 0.25) is 0 Å². The molecular weight excluding hydrogens is 529 g/mol. The molecule has 0 radical (unpaired) electrons. The summed E-state index contributed by atoms with van der Waals surface area (Å²) in [6.07, 6.45) is -3.76. The number of imidazole rings is 1. The summed E-state index contributed by atoms with van der Waals surface area (Å²) in [5.41, 5.74) is 1.17. The van der Waals surface area contributed by atoms with E-state index < -0.39 is 42.0 Å². The zero-order valence-electron chi connectivity index (χ0n) is 18.7. The predicted octanol–water partition coefficient (Wildman–Crippen LogP) is 4.92. The van der Waals surface area contributed by atoms with Crippen LogP contribution in [0.5, 0.6) is 5.75 Å². The molecule has 8 nitrogen and oxygen atoms in total. The summed E-state index contributed by atoms with van der Waals surface area (Å²) in [5, 5.41) is 9.82. The molecule has 0 aliphatic carbocycles. The van der Waals surface area contributed by atoms with Crippen LogP contribution in [0.2, 0.25) is 0 Å². The highest BCUT2D eigenvalue weighted by atomic mass is 19.4. The van der Waals surface area contributed by atoms with Crippen molar-refractivity contribution in [2.24, 2.45) is 0 Å². The third kappa shape index (κ3) is 7.41. The van der Waals surface area contributed by atoms with Gasteiger partial charge in [0.25, 0.3) is 5.91 Å². The number of benzene rings is 1. The van der Waals surface area contributed by atoms with Crippen LogP contribution in [0.1, 0.15) is 27.7 Å².